The molecule has 2 N–H and O–H groups in total. The van der Waals surface area contributed by atoms with Gasteiger partial charge in [0.25, 0.3) is 0 Å². The van der Waals surface area contributed by atoms with Crippen molar-refractivity contribution in [3.63, 3.8) is 0 Å². The van der Waals surface area contributed by atoms with Gasteiger partial charge in [-0.05, 0) is 26.0 Å². The van der Waals surface area contributed by atoms with Gasteiger partial charge in [-0.1, -0.05) is 36.0 Å². The lowest BCUT2D eigenvalue weighted by Gasteiger charge is -2.26. The Morgan fingerprint density at radius 3 is 2.70 bits per heavy atom. The van der Waals surface area contributed by atoms with Crippen molar-refractivity contribution >= 4 is 29.3 Å². The third kappa shape index (κ3) is 4.13. The van der Waals surface area contributed by atoms with E-state index < -0.39 is 0 Å². The summed E-state index contributed by atoms with van der Waals surface area (Å²) in [6.45, 7) is 8.19. The largest absolute Gasteiger partial charge is 0.368 e. The molecule has 0 fully saturated rings. The normalized spacial score (nSPS) is 10.7. The van der Waals surface area contributed by atoms with Crippen molar-refractivity contribution in [3.05, 3.63) is 43.0 Å². The third-order valence-electron chi connectivity index (χ3n) is 3.20. The average molecular weight is 331 g/mol. The molecule has 0 aliphatic rings. The zero-order valence-corrected chi connectivity index (χ0v) is 14.2. The van der Waals surface area contributed by atoms with Crippen molar-refractivity contribution in [1.82, 2.24) is 14.8 Å². The highest BCUT2D eigenvalue weighted by atomic mass is 32.2. The summed E-state index contributed by atoms with van der Waals surface area (Å²) < 4.78 is 1.73. The average Bonchev–Trinajstić information content (AvgIpc) is 2.87. The summed E-state index contributed by atoms with van der Waals surface area (Å²) in [7, 11) is 0. The summed E-state index contributed by atoms with van der Waals surface area (Å²) in [5.74, 6) is 0.606. The minimum atomic E-state index is 0.0166. The van der Waals surface area contributed by atoms with Gasteiger partial charge in [0.2, 0.25) is 11.9 Å². The van der Waals surface area contributed by atoms with Crippen LogP contribution in [0.3, 0.4) is 0 Å². The maximum atomic E-state index is 12.6. The molecule has 0 saturated heterocycles. The number of carbonyl (C=O) groups excluding carboxylic acids is 1. The van der Waals surface area contributed by atoms with E-state index in [1.54, 1.807) is 15.5 Å². The van der Waals surface area contributed by atoms with Crippen molar-refractivity contribution in [2.45, 2.75) is 31.6 Å². The molecule has 1 aromatic carbocycles. The molecule has 2 aromatic rings. The number of rotatable bonds is 7. The second-order valence-corrected chi connectivity index (χ2v) is 6.16. The van der Waals surface area contributed by atoms with Gasteiger partial charge in [-0.25, -0.2) is 0 Å². The smallest absolute Gasteiger partial charge is 0.237 e. The SMILES string of the molecule is C=CCn1c(N)nnc1SCC(=O)N(c1ccccc1)C(C)C. The molecule has 1 heterocycles. The Labute approximate surface area is 140 Å². The summed E-state index contributed by atoms with van der Waals surface area (Å²) in [6.07, 6.45) is 1.72. The van der Waals surface area contributed by atoms with Crippen LogP contribution < -0.4 is 10.6 Å². The van der Waals surface area contributed by atoms with Crippen LogP contribution in [0.2, 0.25) is 0 Å². The van der Waals surface area contributed by atoms with Gasteiger partial charge >= 0.3 is 0 Å². The van der Waals surface area contributed by atoms with Crippen LogP contribution in [0.15, 0.2) is 48.1 Å². The maximum absolute atomic E-state index is 12.6. The van der Waals surface area contributed by atoms with Crippen LogP contribution in [-0.4, -0.2) is 32.5 Å². The summed E-state index contributed by atoms with van der Waals surface area (Å²) in [4.78, 5) is 14.4. The molecule has 6 nitrogen and oxygen atoms in total. The van der Waals surface area contributed by atoms with Gasteiger partial charge in [-0.3, -0.25) is 9.36 Å². The number of allylic oxidation sites excluding steroid dienone is 1. The van der Waals surface area contributed by atoms with Crippen molar-refractivity contribution in [1.29, 1.82) is 0 Å². The molecule has 1 aromatic heterocycles. The molecule has 0 aliphatic heterocycles. The first-order valence-corrected chi connectivity index (χ1v) is 8.32. The Balaban J connectivity index is 2.10. The van der Waals surface area contributed by atoms with Crippen molar-refractivity contribution in [3.8, 4) is 0 Å². The van der Waals surface area contributed by atoms with Gasteiger partial charge in [0.15, 0.2) is 5.16 Å². The maximum Gasteiger partial charge on any atom is 0.237 e. The number of amides is 1. The number of nitrogens with zero attached hydrogens (tertiary/aromatic N) is 4. The Hall–Kier alpha value is -2.28. The number of hydrogen-bond acceptors (Lipinski definition) is 5. The van der Waals surface area contributed by atoms with E-state index >= 15 is 0 Å². The number of aromatic nitrogens is 3. The molecule has 0 atom stereocenters. The highest BCUT2D eigenvalue weighted by molar-refractivity contribution is 7.99. The monoisotopic (exact) mass is 331 g/mol. The van der Waals surface area contributed by atoms with E-state index in [1.165, 1.54) is 11.8 Å². The van der Waals surface area contributed by atoms with Crippen molar-refractivity contribution in [2.75, 3.05) is 16.4 Å². The lowest BCUT2D eigenvalue weighted by atomic mass is 10.2. The fourth-order valence-corrected chi connectivity index (χ4v) is 3.04. The van der Waals surface area contributed by atoms with Crippen LogP contribution >= 0.6 is 11.8 Å². The van der Waals surface area contributed by atoms with Crippen LogP contribution in [0.5, 0.6) is 0 Å². The molecule has 1 amide bonds. The summed E-state index contributed by atoms with van der Waals surface area (Å²) in [5, 5.41) is 8.48. The van der Waals surface area contributed by atoms with E-state index in [1.807, 2.05) is 44.2 Å². The topological polar surface area (TPSA) is 77.0 Å². The van der Waals surface area contributed by atoms with Crippen molar-refractivity contribution in [2.24, 2.45) is 0 Å². The van der Waals surface area contributed by atoms with Gasteiger partial charge in [0.1, 0.15) is 0 Å². The lowest BCUT2D eigenvalue weighted by molar-refractivity contribution is -0.116. The molecule has 0 aliphatic carbocycles. The lowest BCUT2D eigenvalue weighted by Crippen LogP contribution is -2.38. The quantitative estimate of drug-likeness (QED) is 0.623. The van der Waals surface area contributed by atoms with Crippen LogP contribution in [0.25, 0.3) is 0 Å². The number of hydrogen-bond donors (Lipinski definition) is 1. The Morgan fingerprint density at radius 2 is 2.09 bits per heavy atom. The minimum absolute atomic E-state index is 0.0166. The number of para-hydroxylation sites is 1. The Morgan fingerprint density at radius 1 is 1.39 bits per heavy atom. The van der Waals surface area contributed by atoms with Crippen LogP contribution in [0.4, 0.5) is 11.6 Å². The first-order chi connectivity index (χ1) is 11.0. The summed E-state index contributed by atoms with van der Waals surface area (Å²) >= 11 is 1.33. The zero-order chi connectivity index (χ0) is 16.8. The molecular formula is C16H21N5OS. The summed E-state index contributed by atoms with van der Waals surface area (Å²) in [6, 6.07) is 9.71. The standard InChI is InChI=1S/C16H21N5OS/c1-4-10-20-15(17)18-19-16(20)23-11-14(22)21(12(2)3)13-8-6-5-7-9-13/h4-9,12H,1,10-11H2,2-3H3,(H2,17,18). The van der Waals surface area contributed by atoms with Gasteiger partial charge in [0.05, 0.1) is 5.75 Å². The van der Waals surface area contributed by atoms with Gasteiger partial charge in [0, 0.05) is 18.3 Å². The van der Waals surface area contributed by atoms with Crippen molar-refractivity contribution < 1.29 is 4.79 Å². The second-order valence-electron chi connectivity index (χ2n) is 5.22. The van der Waals surface area contributed by atoms with E-state index in [4.69, 9.17) is 5.73 Å². The molecular weight excluding hydrogens is 310 g/mol. The number of carbonyl (C=O) groups is 1. The fourth-order valence-electron chi connectivity index (χ4n) is 2.22. The van der Waals surface area contributed by atoms with E-state index in [0.29, 0.717) is 17.6 Å². The number of anilines is 2. The predicted molar refractivity (Wildman–Crippen MR) is 94.4 cm³/mol. The van der Waals surface area contributed by atoms with Gasteiger partial charge in [-0.2, -0.15) is 0 Å². The third-order valence-corrected chi connectivity index (χ3v) is 4.15. The van der Waals surface area contributed by atoms with E-state index in [-0.39, 0.29) is 17.7 Å². The van der Waals surface area contributed by atoms with Crippen LogP contribution in [0, 0.1) is 0 Å². The number of thioether (sulfide) groups is 1. The zero-order valence-electron chi connectivity index (χ0n) is 13.3. The van der Waals surface area contributed by atoms with E-state index in [0.717, 1.165) is 5.69 Å². The Kier molecular flexibility index (Phi) is 5.81. The molecule has 0 saturated carbocycles. The molecule has 0 spiro atoms. The molecule has 0 radical (unpaired) electrons. The fraction of sp³-hybridized carbons (Fsp3) is 0.312. The van der Waals surface area contributed by atoms with E-state index in [2.05, 4.69) is 16.8 Å². The molecule has 0 unspecified atom stereocenters. The minimum Gasteiger partial charge on any atom is -0.368 e. The number of nitrogens with two attached hydrogens (primary N) is 1. The van der Waals surface area contributed by atoms with Crippen LogP contribution in [0.1, 0.15) is 13.8 Å². The first kappa shape index (κ1) is 17.1. The van der Waals surface area contributed by atoms with Gasteiger partial charge in [-0.15, -0.1) is 16.8 Å². The highest BCUT2D eigenvalue weighted by Gasteiger charge is 2.20. The molecule has 23 heavy (non-hydrogen) atoms. The molecule has 122 valence electrons. The van der Waals surface area contributed by atoms with Gasteiger partial charge < -0.3 is 10.6 Å². The molecule has 7 heteroatoms. The highest BCUT2D eigenvalue weighted by Crippen LogP contribution is 2.22. The first-order valence-electron chi connectivity index (χ1n) is 7.34. The number of benzene rings is 1. The Bertz CT molecular complexity index is 668. The van der Waals surface area contributed by atoms with E-state index in [9.17, 15) is 4.79 Å². The molecule has 2 rings (SSSR count). The molecule has 0 bridgehead atoms. The van der Waals surface area contributed by atoms with Crippen LogP contribution in [-0.2, 0) is 11.3 Å². The number of nitrogen functional groups attached to an aromatic ring is 1. The predicted octanol–water partition coefficient (Wildman–Crippen LogP) is 2.58. The second kappa shape index (κ2) is 7.82. The summed E-state index contributed by atoms with van der Waals surface area (Å²) in [5.41, 5.74) is 6.65.